The van der Waals surface area contributed by atoms with E-state index in [1.807, 2.05) is 0 Å². The number of halogens is 1. The third-order valence-electron chi connectivity index (χ3n) is 2.09. The summed E-state index contributed by atoms with van der Waals surface area (Å²) in [6, 6.07) is 0. The molecule has 0 aromatic carbocycles. The standard InChI is InChI=1S/C8H12ClN3O3/c1-5-8(12(14)15)6(2)11(10-5)4-7(13)3-9/h7,13H,3-4H2,1-2H3. The molecule has 1 N–H and O–H groups in total. The van der Waals surface area contributed by atoms with Gasteiger partial charge in [0.25, 0.3) is 0 Å². The lowest BCUT2D eigenvalue weighted by Gasteiger charge is -2.07. The number of nitrogens with zero attached hydrogens (tertiary/aromatic N) is 3. The van der Waals surface area contributed by atoms with Gasteiger partial charge < -0.3 is 5.11 Å². The fraction of sp³-hybridized carbons (Fsp3) is 0.625. The first-order valence-electron chi connectivity index (χ1n) is 4.39. The van der Waals surface area contributed by atoms with Crippen LogP contribution in [-0.2, 0) is 6.54 Å². The Morgan fingerprint density at radius 2 is 2.27 bits per heavy atom. The van der Waals surface area contributed by atoms with Gasteiger partial charge in [-0.15, -0.1) is 11.6 Å². The molecule has 6 nitrogen and oxygen atoms in total. The number of aliphatic hydroxyl groups excluding tert-OH is 1. The van der Waals surface area contributed by atoms with Crippen LogP contribution >= 0.6 is 11.6 Å². The first-order chi connectivity index (χ1) is 6.97. The van der Waals surface area contributed by atoms with Crippen molar-refractivity contribution in [3.05, 3.63) is 21.5 Å². The van der Waals surface area contributed by atoms with E-state index in [9.17, 15) is 15.2 Å². The fourth-order valence-electron chi connectivity index (χ4n) is 1.38. The zero-order valence-corrected chi connectivity index (χ0v) is 9.23. The largest absolute Gasteiger partial charge is 0.390 e. The maximum Gasteiger partial charge on any atom is 0.312 e. The quantitative estimate of drug-likeness (QED) is 0.478. The molecular weight excluding hydrogens is 222 g/mol. The van der Waals surface area contributed by atoms with Gasteiger partial charge in [-0.05, 0) is 13.8 Å². The molecule has 0 aliphatic heterocycles. The lowest BCUT2D eigenvalue weighted by atomic mass is 10.3. The summed E-state index contributed by atoms with van der Waals surface area (Å²) in [5, 5.41) is 24.0. The third-order valence-corrected chi connectivity index (χ3v) is 2.44. The Labute approximate surface area is 91.6 Å². The summed E-state index contributed by atoms with van der Waals surface area (Å²) >= 11 is 5.44. The van der Waals surface area contributed by atoms with Gasteiger partial charge in [0.05, 0.1) is 23.5 Å². The summed E-state index contributed by atoms with van der Waals surface area (Å²) in [7, 11) is 0. The molecule has 1 rings (SSSR count). The Morgan fingerprint density at radius 1 is 1.67 bits per heavy atom. The van der Waals surface area contributed by atoms with Gasteiger partial charge in [-0.2, -0.15) is 5.10 Å². The smallest absolute Gasteiger partial charge is 0.312 e. The van der Waals surface area contributed by atoms with Crippen molar-refractivity contribution in [1.82, 2.24) is 9.78 Å². The highest BCUT2D eigenvalue weighted by atomic mass is 35.5. The van der Waals surface area contributed by atoms with E-state index in [0.29, 0.717) is 11.4 Å². The molecule has 0 saturated heterocycles. The monoisotopic (exact) mass is 233 g/mol. The number of hydrogen-bond acceptors (Lipinski definition) is 4. The van der Waals surface area contributed by atoms with Crippen molar-refractivity contribution >= 4 is 17.3 Å². The molecule has 0 amide bonds. The van der Waals surface area contributed by atoms with E-state index in [1.165, 1.54) is 4.68 Å². The normalized spacial score (nSPS) is 12.8. The number of rotatable bonds is 4. The second kappa shape index (κ2) is 4.59. The molecule has 84 valence electrons. The average Bonchev–Trinajstić information content (AvgIpc) is 2.41. The number of aliphatic hydroxyl groups is 1. The van der Waals surface area contributed by atoms with Crippen LogP contribution in [0.3, 0.4) is 0 Å². The fourth-order valence-corrected chi connectivity index (χ4v) is 1.48. The molecule has 0 radical (unpaired) electrons. The van der Waals surface area contributed by atoms with Gasteiger partial charge in [-0.25, -0.2) is 0 Å². The molecule has 1 atom stereocenters. The van der Waals surface area contributed by atoms with Gasteiger partial charge in [-0.1, -0.05) is 0 Å². The lowest BCUT2D eigenvalue weighted by molar-refractivity contribution is -0.386. The van der Waals surface area contributed by atoms with Crippen molar-refractivity contribution < 1.29 is 10.0 Å². The van der Waals surface area contributed by atoms with Crippen molar-refractivity contribution in [1.29, 1.82) is 0 Å². The molecular formula is C8H12ClN3O3. The van der Waals surface area contributed by atoms with E-state index in [0.717, 1.165) is 0 Å². The SMILES string of the molecule is Cc1nn(CC(O)CCl)c(C)c1[N+](=O)[O-]. The molecule has 0 bridgehead atoms. The molecule has 0 saturated carbocycles. The van der Waals surface area contributed by atoms with E-state index in [4.69, 9.17) is 11.6 Å². The average molecular weight is 234 g/mol. The first kappa shape index (κ1) is 11.9. The van der Waals surface area contributed by atoms with Crippen molar-refractivity contribution in [2.24, 2.45) is 0 Å². The summed E-state index contributed by atoms with van der Waals surface area (Å²) in [5.41, 5.74) is 0.776. The van der Waals surface area contributed by atoms with Crippen molar-refractivity contribution in [3.63, 3.8) is 0 Å². The van der Waals surface area contributed by atoms with E-state index in [2.05, 4.69) is 5.10 Å². The van der Waals surface area contributed by atoms with Crippen molar-refractivity contribution in [3.8, 4) is 0 Å². The minimum atomic E-state index is -0.746. The van der Waals surface area contributed by atoms with Gasteiger partial charge in [-0.3, -0.25) is 14.8 Å². The number of aryl methyl sites for hydroxylation is 1. The predicted molar refractivity (Wildman–Crippen MR) is 55.1 cm³/mol. The number of hydrogen-bond donors (Lipinski definition) is 1. The summed E-state index contributed by atoms with van der Waals surface area (Å²) in [4.78, 5) is 10.2. The molecule has 1 unspecified atom stereocenters. The van der Waals surface area contributed by atoms with Crippen LogP contribution in [0, 0.1) is 24.0 Å². The summed E-state index contributed by atoms with van der Waals surface area (Å²) in [6.45, 7) is 3.33. The van der Waals surface area contributed by atoms with E-state index >= 15 is 0 Å². The van der Waals surface area contributed by atoms with Gasteiger partial charge in [0.1, 0.15) is 11.4 Å². The molecule has 0 spiro atoms. The Morgan fingerprint density at radius 3 is 2.67 bits per heavy atom. The van der Waals surface area contributed by atoms with Crippen LogP contribution in [0.4, 0.5) is 5.69 Å². The van der Waals surface area contributed by atoms with Crippen LogP contribution in [0.15, 0.2) is 0 Å². The van der Waals surface area contributed by atoms with Crippen LogP contribution in [-0.4, -0.2) is 31.8 Å². The second-order valence-electron chi connectivity index (χ2n) is 3.27. The van der Waals surface area contributed by atoms with E-state index in [-0.39, 0.29) is 18.1 Å². The minimum Gasteiger partial charge on any atom is -0.390 e. The molecule has 1 aromatic heterocycles. The molecule has 0 aliphatic rings. The number of aromatic nitrogens is 2. The summed E-state index contributed by atoms with van der Waals surface area (Å²) in [6.07, 6.45) is -0.746. The van der Waals surface area contributed by atoms with Gasteiger partial charge in [0.2, 0.25) is 0 Å². The highest BCUT2D eigenvalue weighted by Crippen LogP contribution is 2.21. The highest BCUT2D eigenvalue weighted by Gasteiger charge is 2.22. The molecule has 0 fully saturated rings. The highest BCUT2D eigenvalue weighted by molar-refractivity contribution is 6.18. The Bertz CT molecular complexity index is 377. The summed E-state index contributed by atoms with van der Waals surface area (Å²) in [5.74, 6) is 0.0755. The van der Waals surface area contributed by atoms with E-state index in [1.54, 1.807) is 13.8 Å². The minimum absolute atomic E-state index is 0.00299. The second-order valence-corrected chi connectivity index (χ2v) is 3.58. The van der Waals surface area contributed by atoms with E-state index < -0.39 is 11.0 Å². The van der Waals surface area contributed by atoms with Crippen molar-refractivity contribution in [2.45, 2.75) is 26.5 Å². The Hall–Kier alpha value is -1.14. The van der Waals surface area contributed by atoms with Crippen LogP contribution in [0.1, 0.15) is 11.4 Å². The molecule has 1 heterocycles. The lowest BCUT2D eigenvalue weighted by Crippen LogP contribution is -2.19. The van der Waals surface area contributed by atoms with Crippen LogP contribution in [0.25, 0.3) is 0 Å². The Balaban J connectivity index is 3.01. The van der Waals surface area contributed by atoms with Gasteiger partial charge in [0.15, 0.2) is 0 Å². The van der Waals surface area contributed by atoms with Crippen LogP contribution < -0.4 is 0 Å². The zero-order valence-electron chi connectivity index (χ0n) is 8.47. The maximum absolute atomic E-state index is 10.7. The van der Waals surface area contributed by atoms with Crippen molar-refractivity contribution in [2.75, 3.05) is 5.88 Å². The molecule has 15 heavy (non-hydrogen) atoms. The predicted octanol–water partition coefficient (Wildman–Crippen LogP) is 1.01. The summed E-state index contributed by atoms with van der Waals surface area (Å²) < 4.78 is 1.40. The number of nitro groups is 1. The third kappa shape index (κ3) is 2.45. The van der Waals surface area contributed by atoms with Gasteiger partial charge >= 0.3 is 5.69 Å². The molecule has 0 aliphatic carbocycles. The number of alkyl halides is 1. The van der Waals surface area contributed by atoms with Gasteiger partial charge in [0, 0.05) is 0 Å². The van der Waals surface area contributed by atoms with Crippen LogP contribution in [0.2, 0.25) is 0 Å². The molecule has 7 heteroatoms. The van der Waals surface area contributed by atoms with Crippen LogP contribution in [0.5, 0.6) is 0 Å². The topological polar surface area (TPSA) is 81.2 Å². The Kier molecular flexibility index (Phi) is 3.65. The molecule has 1 aromatic rings. The zero-order chi connectivity index (χ0) is 11.6. The maximum atomic E-state index is 10.7. The first-order valence-corrected chi connectivity index (χ1v) is 4.93.